The third-order valence-electron chi connectivity index (χ3n) is 7.64. The van der Waals surface area contributed by atoms with E-state index >= 15 is 0 Å². The molecule has 1 N–H and O–H groups in total. The summed E-state index contributed by atoms with van der Waals surface area (Å²) >= 11 is 0. The van der Waals surface area contributed by atoms with E-state index < -0.39 is 0 Å². The highest BCUT2D eigenvalue weighted by atomic mass is 14.7. The van der Waals surface area contributed by atoms with E-state index in [1.807, 2.05) is 0 Å². The molecular formula is C33H25N. The SMILES string of the molecule is CC1(C)c2ccccc2-c2ccc(-c3ccc(-c4ccc5[nH]c6ccccc6c5c4)cc3)cc21. The largest absolute Gasteiger partial charge is 0.355 e. The van der Waals surface area contributed by atoms with E-state index in [1.54, 1.807) is 0 Å². The van der Waals surface area contributed by atoms with Crippen LogP contribution in [0.25, 0.3) is 55.2 Å². The van der Waals surface area contributed by atoms with Crippen LogP contribution in [0.15, 0.2) is 109 Å². The number of para-hydroxylation sites is 1. The fourth-order valence-electron chi connectivity index (χ4n) is 5.77. The Labute approximate surface area is 199 Å². The first-order valence-electron chi connectivity index (χ1n) is 12.0. The molecule has 1 heteroatoms. The van der Waals surface area contributed by atoms with E-state index in [1.165, 1.54) is 66.3 Å². The second-order valence-corrected chi connectivity index (χ2v) is 9.94. The zero-order valence-electron chi connectivity index (χ0n) is 19.4. The molecule has 0 unspecified atom stereocenters. The highest BCUT2D eigenvalue weighted by Crippen LogP contribution is 2.49. The Balaban J connectivity index is 1.27. The summed E-state index contributed by atoms with van der Waals surface area (Å²) in [5.74, 6) is 0. The lowest BCUT2D eigenvalue weighted by Gasteiger charge is -2.22. The molecule has 0 aliphatic heterocycles. The minimum absolute atomic E-state index is 0.0244. The maximum Gasteiger partial charge on any atom is 0.0465 e. The number of H-pyrrole nitrogens is 1. The molecule has 0 bridgehead atoms. The number of benzene rings is 5. The maximum atomic E-state index is 3.52. The number of aromatic amines is 1. The molecular weight excluding hydrogens is 410 g/mol. The van der Waals surface area contributed by atoms with Crippen LogP contribution in [0.5, 0.6) is 0 Å². The summed E-state index contributed by atoms with van der Waals surface area (Å²) in [6.45, 7) is 4.68. The van der Waals surface area contributed by atoms with Crippen LogP contribution in [-0.2, 0) is 5.41 Å². The summed E-state index contributed by atoms with van der Waals surface area (Å²) in [5, 5.41) is 2.55. The molecule has 1 aromatic heterocycles. The molecule has 1 heterocycles. The molecule has 34 heavy (non-hydrogen) atoms. The maximum absolute atomic E-state index is 3.52. The molecule has 0 saturated heterocycles. The molecule has 162 valence electrons. The summed E-state index contributed by atoms with van der Waals surface area (Å²) in [4.78, 5) is 3.52. The van der Waals surface area contributed by atoms with E-state index in [-0.39, 0.29) is 5.41 Å². The molecule has 0 radical (unpaired) electrons. The van der Waals surface area contributed by atoms with Crippen LogP contribution in [0, 0.1) is 0 Å². The smallest absolute Gasteiger partial charge is 0.0465 e. The van der Waals surface area contributed by atoms with E-state index in [9.17, 15) is 0 Å². The molecule has 6 aromatic rings. The lowest BCUT2D eigenvalue weighted by molar-refractivity contribution is 0.660. The average Bonchev–Trinajstić information content (AvgIpc) is 3.36. The van der Waals surface area contributed by atoms with Crippen molar-refractivity contribution in [3.8, 4) is 33.4 Å². The third-order valence-corrected chi connectivity index (χ3v) is 7.64. The van der Waals surface area contributed by atoms with Gasteiger partial charge in [0.2, 0.25) is 0 Å². The van der Waals surface area contributed by atoms with Crippen molar-refractivity contribution in [2.45, 2.75) is 19.3 Å². The minimum atomic E-state index is 0.0244. The van der Waals surface area contributed by atoms with Gasteiger partial charge >= 0.3 is 0 Å². The third kappa shape index (κ3) is 2.74. The molecule has 0 amide bonds. The molecule has 0 atom stereocenters. The van der Waals surface area contributed by atoms with Gasteiger partial charge in [0.25, 0.3) is 0 Å². The Morgan fingerprint density at radius 2 is 1.06 bits per heavy atom. The van der Waals surface area contributed by atoms with Crippen molar-refractivity contribution in [1.82, 2.24) is 4.98 Å². The topological polar surface area (TPSA) is 15.8 Å². The second kappa shape index (κ2) is 6.95. The van der Waals surface area contributed by atoms with Gasteiger partial charge in [0.05, 0.1) is 0 Å². The van der Waals surface area contributed by atoms with Gasteiger partial charge in [-0.3, -0.25) is 0 Å². The van der Waals surface area contributed by atoms with Crippen molar-refractivity contribution in [1.29, 1.82) is 0 Å². The first-order chi connectivity index (χ1) is 16.6. The van der Waals surface area contributed by atoms with Crippen LogP contribution in [0.2, 0.25) is 0 Å². The zero-order chi connectivity index (χ0) is 22.9. The van der Waals surface area contributed by atoms with Gasteiger partial charge < -0.3 is 4.98 Å². The summed E-state index contributed by atoms with van der Waals surface area (Å²) in [7, 11) is 0. The number of rotatable bonds is 2. The molecule has 7 rings (SSSR count). The Morgan fingerprint density at radius 3 is 1.88 bits per heavy atom. The lowest BCUT2D eigenvalue weighted by atomic mass is 9.81. The predicted molar refractivity (Wildman–Crippen MR) is 144 cm³/mol. The van der Waals surface area contributed by atoms with Gasteiger partial charge in [-0.25, -0.2) is 0 Å². The number of nitrogens with one attached hydrogen (secondary N) is 1. The van der Waals surface area contributed by atoms with Crippen LogP contribution in [0.1, 0.15) is 25.0 Å². The monoisotopic (exact) mass is 435 g/mol. The lowest BCUT2D eigenvalue weighted by Crippen LogP contribution is -2.14. The van der Waals surface area contributed by atoms with Crippen LogP contribution in [0.3, 0.4) is 0 Å². The second-order valence-electron chi connectivity index (χ2n) is 9.94. The van der Waals surface area contributed by atoms with Crippen molar-refractivity contribution in [2.75, 3.05) is 0 Å². The number of aromatic nitrogens is 1. The zero-order valence-corrected chi connectivity index (χ0v) is 19.4. The fourth-order valence-corrected chi connectivity index (χ4v) is 5.77. The Bertz CT molecular complexity index is 1710. The molecule has 0 fully saturated rings. The molecule has 0 saturated carbocycles. The highest BCUT2D eigenvalue weighted by Gasteiger charge is 2.35. The van der Waals surface area contributed by atoms with Gasteiger partial charge in [-0.05, 0) is 68.8 Å². The molecule has 0 spiro atoms. The van der Waals surface area contributed by atoms with Gasteiger partial charge in [0, 0.05) is 27.2 Å². The van der Waals surface area contributed by atoms with Gasteiger partial charge in [-0.15, -0.1) is 0 Å². The van der Waals surface area contributed by atoms with Crippen molar-refractivity contribution in [2.24, 2.45) is 0 Å². The number of fused-ring (bicyclic) bond motifs is 6. The van der Waals surface area contributed by atoms with Crippen LogP contribution in [0.4, 0.5) is 0 Å². The van der Waals surface area contributed by atoms with Gasteiger partial charge in [-0.1, -0.05) is 98.8 Å². The Morgan fingerprint density at radius 1 is 0.471 bits per heavy atom. The van der Waals surface area contributed by atoms with Crippen molar-refractivity contribution in [3.63, 3.8) is 0 Å². The standard InChI is InChI=1S/C33H25N/c1-33(2)29-9-5-3-7-25(29)26-17-15-24(20-30(26)33)22-13-11-21(12-14-22)23-16-18-32-28(19-23)27-8-4-6-10-31(27)34-32/h3-20,34H,1-2H3. The Hall–Kier alpha value is -4.10. The fraction of sp³-hybridized carbons (Fsp3) is 0.0909. The van der Waals surface area contributed by atoms with Crippen LogP contribution in [-0.4, -0.2) is 4.98 Å². The first-order valence-corrected chi connectivity index (χ1v) is 12.0. The number of hydrogen-bond acceptors (Lipinski definition) is 0. The molecule has 1 nitrogen and oxygen atoms in total. The van der Waals surface area contributed by atoms with E-state index in [4.69, 9.17) is 0 Å². The highest BCUT2D eigenvalue weighted by molar-refractivity contribution is 6.08. The van der Waals surface area contributed by atoms with E-state index in [2.05, 4.69) is 128 Å². The molecule has 5 aromatic carbocycles. The van der Waals surface area contributed by atoms with Gasteiger partial charge in [0.15, 0.2) is 0 Å². The minimum Gasteiger partial charge on any atom is -0.355 e. The predicted octanol–water partition coefficient (Wildman–Crippen LogP) is 8.96. The van der Waals surface area contributed by atoms with E-state index in [0.717, 1.165) is 0 Å². The normalized spacial score (nSPS) is 13.8. The quantitative estimate of drug-likeness (QED) is 0.279. The summed E-state index contributed by atoms with van der Waals surface area (Å²) in [6, 6.07) is 40.0. The van der Waals surface area contributed by atoms with Crippen LogP contribution >= 0.6 is 0 Å². The Kier molecular flexibility index (Phi) is 3.96. The van der Waals surface area contributed by atoms with Gasteiger partial charge in [-0.2, -0.15) is 0 Å². The van der Waals surface area contributed by atoms with E-state index in [0.29, 0.717) is 0 Å². The summed E-state index contributed by atoms with van der Waals surface area (Å²) in [6.07, 6.45) is 0. The summed E-state index contributed by atoms with van der Waals surface area (Å²) < 4.78 is 0. The molecule has 1 aliphatic carbocycles. The van der Waals surface area contributed by atoms with Gasteiger partial charge in [0.1, 0.15) is 0 Å². The number of hydrogen-bond donors (Lipinski definition) is 1. The van der Waals surface area contributed by atoms with Crippen molar-refractivity contribution < 1.29 is 0 Å². The van der Waals surface area contributed by atoms with Crippen molar-refractivity contribution >= 4 is 21.8 Å². The average molecular weight is 436 g/mol. The first kappa shape index (κ1) is 19.4. The molecule has 1 aliphatic rings. The van der Waals surface area contributed by atoms with Crippen LogP contribution < -0.4 is 0 Å². The summed E-state index contributed by atoms with van der Waals surface area (Å²) in [5.41, 5.74) is 13.0. The van der Waals surface area contributed by atoms with Crippen molar-refractivity contribution in [3.05, 3.63) is 120 Å².